The van der Waals surface area contributed by atoms with Crippen molar-refractivity contribution >= 4 is 17.7 Å². The van der Waals surface area contributed by atoms with Crippen molar-refractivity contribution in [3.05, 3.63) is 0 Å². The lowest BCUT2D eigenvalue weighted by molar-refractivity contribution is -0.137. The lowest BCUT2D eigenvalue weighted by Gasteiger charge is -2.08. The summed E-state index contributed by atoms with van der Waals surface area (Å²) in [6.45, 7) is 0.676. The van der Waals surface area contributed by atoms with E-state index in [9.17, 15) is 14.4 Å². The van der Waals surface area contributed by atoms with Crippen molar-refractivity contribution < 1.29 is 24.2 Å². The van der Waals surface area contributed by atoms with Crippen LogP contribution >= 0.6 is 0 Å². The summed E-state index contributed by atoms with van der Waals surface area (Å²) in [6, 6.07) is 0. The molecule has 0 saturated carbocycles. The van der Waals surface area contributed by atoms with Gasteiger partial charge in [-0.2, -0.15) is 0 Å². The molecule has 6 heteroatoms. The molecule has 1 rings (SSSR count). The van der Waals surface area contributed by atoms with Crippen LogP contribution in [0.5, 0.6) is 0 Å². The number of hydrogen-bond acceptors (Lipinski definition) is 4. The van der Waals surface area contributed by atoms with Gasteiger partial charge < -0.3 is 15.2 Å². The second kappa shape index (κ2) is 6.22. The number of rotatable bonds is 6. The molecule has 6 nitrogen and oxygen atoms in total. The van der Waals surface area contributed by atoms with Crippen molar-refractivity contribution in [1.82, 2.24) is 5.32 Å². The summed E-state index contributed by atoms with van der Waals surface area (Å²) in [5, 5.41) is 10.9. The fraction of sp³-hybridized carbons (Fsp3) is 0.700. The van der Waals surface area contributed by atoms with Gasteiger partial charge in [-0.15, -0.1) is 0 Å². The summed E-state index contributed by atoms with van der Waals surface area (Å²) < 4.78 is 4.97. The van der Waals surface area contributed by atoms with Gasteiger partial charge in [0, 0.05) is 19.4 Å². The predicted octanol–water partition coefficient (Wildman–Crippen LogP) is -0.285. The highest BCUT2D eigenvalue weighted by atomic mass is 16.5. The Morgan fingerprint density at radius 1 is 1.44 bits per heavy atom. The zero-order valence-corrected chi connectivity index (χ0v) is 8.90. The second-order valence-corrected chi connectivity index (χ2v) is 3.61. The SMILES string of the molecule is O=C(O)CCCCNC(=O)[C@H]1OCCC1=O. The van der Waals surface area contributed by atoms with Gasteiger partial charge >= 0.3 is 5.97 Å². The zero-order chi connectivity index (χ0) is 12.0. The molecule has 1 heterocycles. The molecule has 16 heavy (non-hydrogen) atoms. The first-order chi connectivity index (χ1) is 7.61. The van der Waals surface area contributed by atoms with Crippen molar-refractivity contribution in [1.29, 1.82) is 0 Å². The van der Waals surface area contributed by atoms with Crippen molar-refractivity contribution in [3.8, 4) is 0 Å². The first-order valence-electron chi connectivity index (χ1n) is 5.25. The van der Waals surface area contributed by atoms with Gasteiger partial charge in [0.25, 0.3) is 5.91 Å². The molecule has 1 amide bonds. The molecule has 1 fully saturated rings. The summed E-state index contributed by atoms with van der Waals surface area (Å²) in [5.41, 5.74) is 0. The quantitative estimate of drug-likeness (QED) is 0.482. The van der Waals surface area contributed by atoms with E-state index in [-0.39, 0.29) is 18.6 Å². The van der Waals surface area contributed by atoms with E-state index in [4.69, 9.17) is 9.84 Å². The smallest absolute Gasteiger partial charge is 0.303 e. The second-order valence-electron chi connectivity index (χ2n) is 3.61. The molecule has 1 saturated heterocycles. The van der Waals surface area contributed by atoms with E-state index >= 15 is 0 Å². The van der Waals surface area contributed by atoms with Gasteiger partial charge in [0.05, 0.1) is 6.61 Å². The maximum absolute atomic E-state index is 11.4. The van der Waals surface area contributed by atoms with Crippen LogP contribution in [0.4, 0.5) is 0 Å². The first kappa shape index (κ1) is 12.6. The largest absolute Gasteiger partial charge is 0.481 e. The van der Waals surface area contributed by atoms with E-state index in [1.807, 2.05) is 0 Å². The maximum Gasteiger partial charge on any atom is 0.303 e. The molecule has 1 aliphatic rings. The van der Waals surface area contributed by atoms with Gasteiger partial charge in [-0.05, 0) is 12.8 Å². The van der Waals surface area contributed by atoms with Crippen LogP contribution in [-0.4, -0.2) is 42.0 Å². The molecule has 0 unspecified atom stereocenters. The van der Waals surface area contributed by atoms with Gasteiger partial charge in [0.2, 0.25) is 0 Å². The van der Waals surface area contributed by atoms with E-state index in [0.29, 0.717) is 26.0 Å². The summed E-state index contributed by atoms with van der Waals surface area (Å²) in [6.07, 6.45) is 0.513. The van der Waals surface area contributed by atoms with Crippen LogP contribution in [-0.2, 0) is 19.1 Å². The maximum atomic E-state index is 11.4. The van der Waals surface area contributed by atoms with Crippen LogP contribution in [0.15, 0.2) is 0 Å². The Bertz CT molecular complexity index is 289. The molecule has 0 aromatic heterocycles. The third kappa shape index (κ3) is 3.98. The Morgan fingerprint density at radius 2 is 2.19 bits per heavy atom. The van der Waals surface area contributed by atoms with Crippen LogP contribution < -0.4 is 5.32 Å². The molecule has 0 bridgehead atoms. The first-order valence-corrected chi connectivity index (χ1v) is 5.25. The molecule has 0 aliphatic carbocycles. The van der Waals surface area contributed by atoms with Crippen molar-refractivity contribution in [3.63, 3.8) is 0 Å². The minimum absolute atomic E-state index is 0.0920. The number of carbonyl (C=O) groups excluding carboxylic acids is 2. The van der Waals surface area contributed by atoms with E-state index in [1.165, 1.54) is 0 Å². The lowest BCUT2D eigenvalue weighted by atomic mass is 10.2. The van der Waals surface area contributed by atoms with E-state index < -0.39 is 18.0 Å². The van der Waals surface area contributed by atoms with E-state index in [1.54, 1.807) is 0 Å². The standard InChI is InChI=1S/C10H15NO5/c12-7-4-6-16-9(7)10(15)11-5-2-1-3-8(13)14/h9H,1-6H2,(H,11,15)(H,13,14)/t9-/m0/s1. The monoisotopic (exact) mass is 229 g/mol. The van der Waals surface area contributed by atoms with E-state index in [2.05, 4.69) is 5.32 Å². The molecule has 0 aromatic rings. The Kier molecular flexibility index (Phi) is 4.91. The van der Waals surface area contributed by atoms with E-state index in [0.717, 1.165) is 0 Å². The normalized spacial score (nSPS) is 19.8. The lowest BCUT2D eigenvalue weighted by Crippen LogP contribution is -2.38. The number of nitrogens with one attached hydrogen (secondary N) is 1. The molecule has 1 atom stereocenters. The van der Waals surface area contributed by atoms with Gasteiger partial charge in [-0.25, -0.2) is 0 Å². The molecular formula is C10H15NO5. The highest BCUT2D eigenvalue weighted by Gasteiger charge is 2.31. The Balaban J connectivity index is 2.11. The van der Waals surface area contributed by atoms with Crippen LogP contribution in [0.3, 0.4) is 0 Å². The summed E-state index contributed by atoms with van der Waals surface area (Å²) >= 11 is 0. The third-order valence-electron chi connectivity index (χ3n) is 2.28. The molecule has 0 spiro atoms. The molecule has 90 valence electrons. The number of carbonyl (C=O) groups is 3. The Hall–Kier alpha value is -1.43. The molecule has 2 N–H and O–H groups in total. The average Bonchev–Trinajstić information content (AvgIpc) is 2.63. The number of unbranched alkanes of at least 4 members (excludes halogenated alkanes) is 1. The molecule has 0 aromatic carbocycles. The van der Waals surface area contributed by atoms with Crippen LogP contribution in [0.25, 0.3) is 0 Å². The molecular weight excluding hydrogens is 214 g/mol. The van der Waals surface area contributed by atoms with Crippen molar-refractivity contribution in [2.45, 2.75) is 31.8 Å². The number of carboxylic acids is 1. The number of Topliss-reactive ketones (excluding diaryl/α,β-unsaturated/α-hetero) is 1. The van der Waals surface area contributed by atoms with Crippen molar-refractivity contribution in [2.75, 3.05) is 13.2 Å². The number of carboxylic acid groups (broad SMARTS) is 1. The van der Waals surface area contributed by atoms with Gasteiger partial charge in [0.15, 0.2) is 11.9 Å². The minimum Gasteiger partial charge on any atom is -0.481 e. The number of aliphatic carboxylic acids is 1. The predicted molar refractivity (Wildman–Crippen MR) is 53.9 cm³/mol. The van der Waals surface area contributed by atoms with Gasteiger partial charge in [-0.1, -0.05) is 0 Å². The highest BCUT2D eigenvalue weighted by molar-refractivity contribution is 6.05. The number of ether oxygens (including phenoxy) is 1. The third-order valence-corrected chi connectivity index (χ3v) is 2.28. The average molecular weight is 229 g/mol. The minimum atomic E-state index is -0.959. The van der Waals surface area contributed by atoms with Gasteiger partial charge in [0.1, 0.15) is 0 Å². The number of hydrogen-bond donors (Lipinski definition) is 2. The fourth-order valence-corrected chi connectivity index (χ4v) is 1.43. The van der Waals surface area contributed by atoms with Crippen LogP contribution in [0.1, 0.15) is 25.7 Å². The Morgan fingerprint density at radius 3 is 2.75 bits per heavy atom. The molecule has 0 radical (unpaired) electrons. The summed E-state index contributed by atoms with van der Waals surface area (Å²) in [7, 11) is 0. The molecule has 1 aliphatic heterocycles. The summed E-state index contributed by atoms with van der Waals surface area (Å²) in [5.74, 6) is -1.46. The van der Waals surface area contributed by atoms with Crippen LogP contribution in [0, 0.1) is 0 Å². The van der Waals surface area contributed by atoms with Crippen LogP contribution in [0.2, 0.25) is 0 Å². The number of ketones is 1. The van der Waals surface area contributed by atoms with Crippen molar-refractivity contribution in [2.24, 2.45) is 0 Å². The fourth-order valence-electron chi connectivity index (χ4n) is 1.43. The highest BCUT2D eigenvalue weighted by Crippen LogP contribution is 2.07. The topological polar surface area (TPSA) is 92.7 Å². The number of amides is 1. The van der Waals surface area contributed by atoms with Gasteiger partial charge in [-0.3, -0.25) is 14.4 Å². The summed E-state index contributed by atoms with van der Waals surface area (Å²) in [4.78, 5) is 32.7. The Labute approximate surface area is 93.0 Å². The zero-order valence-electron chi connectivity index (χ0n) is 8.90.